The van der Waals surface area contributed by atoms with Crippen LogP contribution in [0.4, 0.5) is 10.1 Å². The van der Waals surface area contributed by atoms with Crippen LogP contribution in [-0.4, -0.2) is 63.6 Å². The third kappa shape index (κ3) is 5.65. The number of Topliss-reactive ketones (excluding diaryl/α,β-unsaturated/α-hetero) is 1. The number of hydrogen-bond acceptors (Lipinski definition) is 8. The van der Waals surface area contributed by atoms with Crippen molar-refractivity contribution in [2.45, 2.75) is 38.6 Å². The van der Waals surface area contributed by atoms with Crippen LogP contribution in [0.3, 0.4) is 0 Å². The number of cyclic esters (lactones) is 1. The van der Waals surface area contributed by atoms with Crippen LogP contribution in [0.2, 0.25) is 0 Å². The molecule has 8 nitrogen and oxygen atoms in total. The van der Waals surface area contributed by atoms with Gasteiger partial charge in [0.05, 0.1) is 12.7 Å². The quantitative estimate of drug-likeness (QED) is 0.462. The van der Waals surface area contributed by atoms with Crippen molar-refractivity contribution in [1.29, 1.82) is 0 Å². The van der Waals surface area contributed by atoms with Gasteiger partial charge < -0.3 is 30.5 Å². The Balaban J connectivity index is 2.51. The fourth-order valence-corrected chi connectivity index (χ4v) is 2.87. The smallest absolute Gasteiger partial charge is 0.342 e. The number of anilines is 1. The van der Waals surface area contributed by atoms with E-state index in [1.165, 1.54) is 38.1 Å². The lowest BCUT2D eigenvalue weighted by atomic mass is 9.99. The Kier molecular flexibility index (Phi) is 8.10. The summed E-state index contributed by atoms with van der Waals surface area (Å²) >= 11 is 0. The standard InChI is InChI=1S/C21H26FNO7/c1-11-8-15(22)19(27)20(28)16(25)5-3-4-13-9-14(23-6-7-24)10-17(26)18(13)21(29)30-12(11)2/h3-4,8-12,16,20,23-26,28H,5-7H2,1-2H3/b4-3+,15-8+/t11-,12?,16?,20?/m1/s1. The number of benzene rings is 1. The number of esters is 1. The number of carbonyl (C=O) groups excluding carboxylic acids is 2. The van der Waals surface area contributed by atoms with Gasteiger partial charge in [0.2, 0.25) is 5.78 Å². The van der Waals surface area contributed by atoms with Crippen LogP contribution in [0.15, 0.2) is 30.1 Å². The largest absolute Gasteiger partial charge is 0.507 e. The van der Waals surface area contributed by atoms with E-state index >= 15 is 0 Å². The summed E-state index contributed by atoms with van der Waals surface area (Å²) in [6.45, 7) is 3.08. The first-order valence-electron chi connectivity index (χ1n) is 9.52. The molecule has 30 heavy (non-hydrogen) atoms. The van der Waals surface area contributed by atoms with Crippen LogP contribution in [0, 0.1) is 5.92 Å². The van der Waals surface area contributed by atoms with Crippen molar-refractivity contribution in [3.8, 4) is 5.75 Å². The van der Waals surface area contributed by atoms with Gasteiger partial charge in [0.15, 0.2) is 5.83 Å². The number of hydrogen-bond donors (Lipinski definition) is 5. The fourth-order valence-electron chi connectivity index (χ4n) is 2.87. The molecule has 4 atom stereocenters. The summed E-state index contributed by atoms with van der Waals surface area (Å²) in [4.78, 5) is 24.7. The van der Waals surface area contributed by atoms with Crippen LogP contribution < -0.4 is 5.32 Å². The highest BCUT2D eigenvalue weighted by Crippen LogP contribution is 2.30. The first kappa shape index (κ1) is 23.5. The predicted octanol–water partition coefficient (Wildman–Crippen LogP) is 1.54. The van der Waals surface area contributed by atoms with E-state index in [0.29, 0.717) is 5.69 Å². The third-order valence-corrected chi connectivity index (χ3v) is 4.78. The van der Waals surface area contributed by atoms with Crippen molar-refractivity contribution < 1.29 is 39.1 Å². The molecule has 0 aliphatic carbocycles. The molecular weight excluding hydrogens is 397 g/mol. The van der Waals surface area contributed by atoms with Gasteiger partial charge in [0.1, 0.15) is 23.5 Å². The SMILES string of the molecule is CC1OC(=O)c2c(O)cc(NCCO)cc2/C=C/CC(O)C(O)C(=O)/C(F)=C\[C@H]1C. The molecule has 0 aromatic heterocycles. The Morgan fingerprint density at radius 3 is 2.60 bits per heavy atom. The van der Waals surface area contributed by atoms with Gasteiger partial charge in [-0.25, -0.2) is 9.18 Å². The molecule has 0 amide bonds. The van der Waals surface area contributed by atoms with Gasteiger partial charge in [-0.15, -0.1) is 0 Å². The van der Waals surface area contributed by atoms with Gasteiger partial charge in [-0.1, -0.05) is 19.1 Å². The zero-order valence-corrected chi connectivity index (χ0v) is 16.7. The van der Waals surface area contributed by atoms with Crippen molar-refractivity contribution in [2.24, 2.45) is 5.92 Å². The van der Waals surface area contributed by atoms with E-state index in [2.05, 4.69) is 5.32 Å². The highest BCUT2D eigenvalue weighted by Gasteiger charge is 2.29. The van der Waals surface area contributed by atoms with E-state index in [4.69, 9.17) is 9.84 Å². The molecule has 1 aromatic rings. The number of rotatable bonds is 3. The summed E-state index contributed by atoms with van der Waals surface area (Å²) < 4.78 is 19.5. The summed E-state index contributed by atoms with van der Waals surface area (Å²) in [5, 5.41) is 42.2. The van der Waals surface area contributed by atoms with Crippen LogP contribution in [0.25, 0.3) is 6.08 Å². The maximum absolute atomic E-state index is 14.2. The predicted molar refractivity (Wildman–Crippen MR) is 108 cm³/mol. The molecule has 9 heteroatoms. The van der Waals surface area contributed by atoms with E-state index in [9.17, 15) is 29.3 Å². The number of ether oxygens (including phenoxy) is 1. The van der Waals surface area contributed by atoms with Gasteiger partial charge in [0.25, 0.3) is 0 Å². The number of ketones is 1. The van der Waals surface area contributed by atoms with Crippen molar-refractivity contribution in [3.63, 3.8) is 0 Å². The van der Waals surface area contributed by atoms with E-state index in [-0.39, 0.29) is 36.4 Å². The Hall–Kier alpha value is -2.75. The number of fused-ring (bicyclic) bond motifs is 1. The lowest BCUT2D eigenvalue weighted by Gasteiger charge is -2.21. The molecule has 1 heterocycles. The minimum absolute atomic E-state index is 0.132. The first-order chi connectivity index (χ1) is 14.1. The second kappa shape index (κ2) is 10.3. The van der Waals surface area contributed by atoms with E-state index in [1.807, 2.05) is 0 Å². The summed E-state index contributed by atoms with van der Waals surface area (Å²) in [5.41, 5.74) is 0.556. The highest BCUT2D eigenvalue weighted by atomic mass is 19.1. The fraction of sp³-hybridized carbons (Fsp3) is 0.429. The molecule has 5 N–H and O–H groups in total. The summed E-state index contributed by atoms with van der Waals surface area (Å²) in [6, 6.07) is 2.84. The Bertz CT molecular complexity index is 852. The van der Waals surface area contributed by atoms with Crippen molar-refractivity contribution in [3.05, 3.63) is 41.2 Å². The lowest BCUT2D eigenvalue weighted by molar-refractivity contribution is -0.130. The van der Waals surface area contributed by atoms with Gasteiger partial charge in [-0.05, 0) is 31.1 Å². The number of aliphatic hydroxyl groups is 3. The van der Waals surface area contributed by atoms with Crippen LogP contribution in [0.1, 0.15) is 36.2 Å². The summed E-state index contributed by atoms with van der Waals surface area (Å²) in [7, 11) is 0. The molecule has 1 aromatic carbocycles. The monoisotopic (exact) mass is 423 g/mol. The number of halogens is 1. The van der Waals surface area contributed by atoms with E-state index in [1.54, 1.807) is 0 Å². The maximum atomic E-state index is 14.2. The molecule has 0 saturated carbocycles. The minimum atomic E-state index is -1.95. The maximum Gasteiger partial charge on any atom is 0.342 e. The molecule has 2 rings (SSSR count). The second-order valence-corrected chi connectivity index (χ2v) is 7.11. The van der Waals surface area contributed by atoms with Crippen molar-refractivity contribution >= 4 is 23.5 Å². The molecule has 3 unspecified atom stereocenters. The highest BCUT2D eigenvalue weighted by molar-refractivity contribution is 5.98. The van der Waals surface area contributed by atoms with Crippen LogP contribution in [-0.2, 0) is 9.53 Å². The molecule has 164 valence electrons. The van der Waals surface area contributed by atoms with E-state index < -0.39 is 41.8 Å². The minimum Gasteiger partial charge on any atom is -0.507 e. The number of aromatic hydroxyl groups is 1. The van der Waals surface area contributed by atoms with E-state index in [0.717, 1.165) is 6.08 Å². The normalized spacial score (nSPS) is 28.5. The number of nitrogens with one attached hydrogen (secondary N) is 1. The van der Waals surface area contributed by atoms with Crippen LogP contribution >= 0.6 is 0 Å². The van der Waals surface area contributed by atoms with Gasteiger partial charge in [-0.2, -0.15) is 0 Å². The summed E-state index contributed by atoms with van der Waals surface area (Å²) in [6.07, 6.45) is -0.887. The zero-order chi connectivity index (χ0) is 22.4. The van der Waals surface area contributed by atoms with Gasteiger partial charge in [0, 0.05) is 24.2 Å². The Labute approximate surface area is 173 Å². The average molecular weight is 423 g/mol. The van der Waals surface area contributed by atoms with Crippen LogP contribution in [0.5, 0.6) is 5.75 Å². The molecule has 0 spiro atoms. The number of carbonyl (C=O) groups is 2. The lowest BCUT2D eigenvalue weighted by Crippen LogP contribution is -2.34. The Morgan fingerprint density at radius 1 is 1.23 bits per heavy atom. The molecule has 0 bridgehead atoms. The number of aliphatic hydroxyl groups excluding tert-OH is 3. The number of phenols is 1. The number of phenolic OH excluding ortho intramolecular Hbond substituents is 1. The van der Waals surface area contributed by atoms with Crippen molar-refractivity contribution in [1.82, 2.24) is 0 Å². The molecule has 1 aliphatic rings. The average Bonchev–Trinajstić information content (AvgIpc) is 2.69. The molecule has 1 aliphatic heterocycles. The second-order valence-electron chi connectivity index (χ2n) is 7.11. The van der Waals surface area contributed by atoms with Crippen molar-refractivity contribution in [2.75, 3.05) is 18.5 Å². The zero-order valence-electron chi connectivity index (χ0n) is 16.7. The van der Waals surface area contributed by atoms with Gasteiger partial charge in [-0.3, -0.25) is 4.79 Å². The third-order valence-electron chi connectivity index (χ3n) is 4.78. The Morgan fingerprint density at radius 2 is 1.93 bits per heavy atom. The molecule has 0 radical (unpaired) electrons. The first-order valence-corrected chi connectivity index (χ1v) is 9.52. The van der Waals surface area contributed by atoms with Gasteiger partial charge >= 0.3 is 5.97 Å². The summed E-state index contributed by atoms with van der Waals surface area (Å²) in [5.74, 6) is -4.44. The topological polar surface area (TPSA) is 136 Å². The molecule has 0 fully saturated rings. The molecule has 0 saturated heterocycles. The molecular formula is C21H26FNO7.